The van der Waals surface area contributed by atoms with E-state index >= 15 is 0 Å². The number of hydrogen-bond donors (Lipinski definition) is 2. The van der Waals surface area contributed by atoms with Gasteiger partial charge in [-0.25, -0.2) is 0 Å². The first kappa shape index (κ1) is 14.0. The fraction of sp³-hybridized carbons (Fsp3) is 0.533. The summed E-state index contributed by atoms with van der Waals surface area (Å²) in [7, 11) is 0. The largest absolute Gasteiger partial charge is 0.481 e. The van der Waals surface area contributed by atoms with Gasteiger partial charge in [0.1, 0.15) is 0 Å². The Bertz CT molecular complexity index is 411. The lowest BCUT2D eigenvalue weighted by Crippen LogP contribution is -2.55. The minimum atomic E-state index is -0.745. The second-order valence-corrected chi connectivity index (χ2v) is 5.49. The van der Waals surface area contributed by atoms with Crippen molar-refractivity contribution in [3.05, 3.63) is 35.9 Å². The SMILES string of the molecule is CC1CN(CC(C(=O)O)c2ccccc2)CC(C)N1. The third-order valence-electron chi connectivity index (χ3n) is 3.57. The molecule has 0 radical (unpaired) electrons. The van der Waals surface area contributed by atoms with Crippen molar-refractivity contribution >= 4 is 5.97 Å². The molecule has 4 nitrogen and oxygen atoms in total. The van der Waals surface area contributed by atoms with E-state index in [2.05, 4.69) is 24.1 Å². The van der Waals surface area contributed by atoms with Gasteiger partial charge in [-0.2, -0.15) is 0 Å². The Morgan fingerprint density at radius 1 is 1.32 bits per heavy atom. The fourth-order valence-corrected chi connectivity index (χ4v) is 2.86. The van der Waals surface area contributed by atoms with Crippen LogP contribution in [-0.4, -0.2) is 47.7 Å². The number of nitrogens with zero attached hydrogens (tertiary/aromatic N) is 1. The van der Waals surface area contributed by atoms with Gasteiger partial charge < -0.3 is 10.4 Å². The summed E-state index contributed by atoms with van der Waals surface area (Å²) in [5.74, 6) is -1.19. The molecule has 0 amide bonds. The van der Waals surface area contributed by atoms with Gasteiger partial charge in [0, 0.05) is 31.7 Å². The summed E-state index contributed by atoms with van der Waals surface area (Å²) in [5, 5.41) is 12.9. The molecule has 0 aliphatic carbocycles. The van der Waals surface area contributed by atoms with Crippen LogP contribution in [0.1, 0.15) is 25.3 Å². The minimum Gasteiger partial charge on any atom is -0.481 e. The van der Waals surface area contributed by atoms with Gasteiger partial charge in [-0.05, 0) is 19.4 Å². The zero-order valence-corrected chi connectivity index (χ0v) is 11.5. The molecule has 0 aromatic heterocycles. The average Bonchev–Trinajstić information content (AvgIpc) is 2.35. The normalized spacial score (nSPS) is 26.0. The molecule has 19 heavy (non-hydrogen) atoms. The van der Waals surface area contributed by atoms with Gasteiger partial charge >= 0.3 is 5.97 Å². The molecular formula is C15H22N2O2. The predicted molar refractivity (Wildman–Crippen MR) is 75.3 cm³/mol. The Morgan fingerprint density at radius 2 is 1.89 bits per heavy atom. The number of aliphatic carboxylic acids is 1. The van der Waals surface area contributed by atoms with Crippen molar-refractivity contribution in [1.82, 2.24) is 10.2 Å². The molecule has 2 rings (SSSR count). The van der Waals surface area contributed by atoms with E-state index in [0.717, 1.165) is 18.7 Å². The van der Waals surface area contributed by atoms with E-state index < -0.39 is 11.9 Å². The maximum absolute atomic E-state index is 11.5. The Labute approximate surface area is 114 Å². The number of piperazine rings is 1. The standard InChI is InChI=1S/C15H22N2O2/c1-11-8-17(9-12(2)16-11)10-14(15(18)19)13-6-4-3-5-7-13/h3-7,11-12,14,16H,8-10H2,1-2H3,(H,18,19). The third-order valence-corrected chi connectivity index (χ3v) is 3.57. The Balaban J connectivity index is 2.07. The lowest BCUT2D eigenvalue weighted by molar-refractivity contribution is -0.139. The van der Waals surface area contributed by atoms with Crippen LogP contribution in [0.3, 0.4) is 0 Å². The summed E-state index contributed by atoms with van der Waals surface area (Å²) in [6.45, 7) is 6.67. The molecule has 0 saturated carbocycles. The molecule has 2 N–H and O–H groups in total. The summed E-state index contributed by atoms with van der Waals surface area (Å²) in [6.07, 6.45) is 0. The average molecular weight is 262 g/mol. The first-order chi connectivity index (χ1) is 9.06. The highest BCUT2D eigenvalue weighted by molar-refractivity contribution is 5.76. The van der Waals surface area contributed by atoms with E-state index in [9.17, 15) is 9.90 Å². The van der Waals surface area contributed by atoms with Crippen molar-refractivity contribution in [3.63, 3.8) is 0 Å². The summed E-state index contributed by atoms with van der Waals surface area (Å²) in [6, 6.07) is 10.3. The van der Waals surface area contributed by atoms with Crippen molar-refractivity contribution in [2.24, 2.45) is 0 Å². The second kappa shape index (κ2) is 6.17. The molecule has 1 fully saturated rings. The lowest BCUT2D eigenvalue weighted by Gasteiger charge is -2.37. The molecule has 1 aromatic carbocycles. The molecule has 1 aliphatic heterocycles. The van der Waals surface area contributed by atoms with Crippen LogP contribution in [0.25, 0.3) is 0 Å². The topological polar surface area (TPSA) is 52.6 Å². The van der Waals surface area contributed by atoms with E-state index in [1.165, 1.54) is 0 Å². The Morgan fingerprint density at radius 3 is 2.42 bits per heavy atom. The van der Waals surface area contributed by atoms with Crippen molar-refractivity contribution in [3.8, 4) is 0 Å². The van der Waals surface area contributed by atoms with Gasteiger partial charge in [-0.3, -0.25) is 9.69 Å². The maximum atomic E-state index is 11.5. The van der Waals surface area contributed by atoms with Crippen molar-refractivity contribution in [1.29, 1.82) is 0 Å². The van der Waals surface area contributed by atoms with E-state index in [0.29, 0.717) is 18.6 Å². The van der Waals surface area contributed by atoms with Crippen LogP contribution in [0.5, 0.6) is 0 Å². The van der Waals surface area contributed by atoms with Crippen LogP contribution in [0.15, 0.2) is 30.3 Å². The van der Waals surface area contributed by atoms with Gasteiger partial charge in [0.15, 0.2) is 0 Å². The number of rotatable bonds is 4. The number of benzene rings is 1. The number of carboxylic acid groups (broad SMARTS) is 1. The van der Waals surface area contributed by atoms with Crippen molar-refractivity contribution < 1.29 is 9.90 Å². The third kappa shape index (κ3) is 3.78. The summed E-state index contributed by atoms with van der Waals surface area (Å²) >= 11 is 0. The van der Waals surface area contributed by atoms with Gasteiger partial charge in [0.25, 0.3) is 0 Å². The highest BCUT2D eigenvalue weighted by atomic mass is 16.4. The zero-order valence-electron chi connectivity index (χ0n) is 11.5. The number of nitrogens with one attached hydrogen (secondary N) is 1. The molecule has 1 heterocycles. The van der Waals surface area contributed by atoms with Gasteiger partial charge in [0.2, 0.25) is 0 Å². The number of carbonyl (C=O) groups is 1. The smallest absolute Gasteiger partial charge is 0.312 e. The fourth-order valence-electron chi connectivity index (χ4n) is 2.86. The number of carboxylic acids is 1. The quantitative estimate of drug-likeness (QED) is 0.864. The molecule has 4 heteroatoms. The molecule has 1 saturated heterocycles. The molecule has 0 spiro atoms. The van der Waals surface area contributed by atoms with Crippen LogP contribution in [0.2, 0.25) is 0 Å². The molecule has 3 atom stereocenters. The van der Waals surface area contributed by atoms with Crippen LogP contribution in [0, 0.1) is 0 Å². The highest BCUT2D eigenvalue weighted by Gasteiger charge is 2.27. The Hall–Kier alpha value is -1.39. The van der Waals surface area contributed by atoms with Gasteiger partial charge in [-0.15, -0.1) is 0 Å². The molecule has 0 bridgehead atoms. The van der Waals surface area contributed by atoms with Crippen LogP contribution < -0.4 is 5.32 Å². The Kier molecular flexibility index (Phi) is 4.56. The minimum absolute atomic E-state index is 0.411. The van der Waals surface area contributed by atoms with E-state index in [4.69, 9.17) is 0 Å². The molecular weight excluding hydrogens is 240 g/mol. The molecule has 3 unspecified atom stereocenters. The van der Waals surface area contributed by atoms with Crippen molar-refractivity contribution in [2.75, 3.05) is 19.6 Å². The predicted octanol–water partition coefficient (Wildman–Crippen LogP) is 1.54. The molecule has 1 aromatic rings. The maximum Gasteiger partial charge on any atom is 0.312 e. The first-order valence-electron chi connectivity index (χ1n) is 6.82. The zero-order chi connectivity index (χ0) is 13.8. The van der Waals surface area contributed by atoms with E-state index in [1.54, 1.807) is 0 Å². The summed E-state index contributed by atoms with van der Waals surface area (Å²) in [4.78, 5) is 13.7. The molecule has 104 valence electrons. The summed E-state index contributed by atoms with van der Waals surface area (Å²) < 4.78 is 0. The van der Waals surface area contributed by atoms with Crippen LogP contribution in [0.4, 0.5) is 0 Å². The lowest BCUT2D eigenvalue weighted by atomic mass is 9.97. The van der Waals surface area contributed by atoms with Crippen molar-refractivity contribution in [2.45, 2.75) is 31.8 Å². The monoisotopic (exact) mass is 262 g/mol. The van der Waals surface area contributed by atoms with E-state index in [-0.39, 0.29) is 0 Å². The summed E-state index contributed by atoms with van der Waals surface area (Å²) in [5.41, 5.74) is 0.883. The van der Waals surface area contributed by atoms with Gasteiger partial charge in [0.05, 0.1) is 5.92 Å². The van der Waals surface area contributed by atoms with Crippen LogP contribution in [-0.2, 0) is 4.79 Å². The van der Waals surface area contributed by atoms with Crippen LogP contribution >= 0.6 is 0 Å². The molecule has 1 aliphatic rings. The first-order valence-corrected chi connectivity index (χ1v) is 6.82. The van der Waals surface area contributed by atoms with E-state index in [1.807, 2.05) is 30.3 Å². The number of hydrogen-bond acceptors (Lipinski definition) is 3. The van der Waals surface area contributed by atoms with Gasteiger partial charge in [-0.1, -0.05) is 30.3 Å². The highest BCUT2D eigenvalue weighted by Crippen LogP contribution is 2.19. The second-order valence-electron chi connectivity index (χ2n) is 5.49.